The largest absolute Gasteiger partial charge is 0.396 e. The molecule has 2 N–H and O–H groups in total. The highest BCUT2D eigenvalue weighted by Crippen LogP contribution is 2.35. The zero-order chi connectivity index (χ0) is 12.3. The van der Waals surface area contributed by atoms with Gasteiger partial charge in [-0.05, 0) is 26.0 Å². The predicted octanol–water partition coefficient (Wildman–Crippen LogP) is 1.07. The second-order valence-electron chi connectivity index (χ2n) is 4.20. The van der Waals surface area contributed by atoms with Gasteiger partial charge in [0.25, 0.3) is 0 Å². The number of aliphatic hydroxyl groups excluding tert-OH is 1. The summed E-state index contributed by atoms with van der Waals surface area (Å²) in [6, 6.07) is 7.64. The molecule has 1 amide bonds. The van der Waals surface area contributed by atoms with Crippen LogP contribution in [0.25, 0.3) is 0 Å². The molecule has 4 nitrogen and oxygen atoms in total. The normalized spacial score (nSPS) is 18.6. The van der Waals surface area contributed by atoms with Gasteiger partial charge in [-0.25, -0.2) is 0 Å². The summed E-state index contributed by atoms with van der Waals surface area (Å²) >= 11 is 0. The third-order valence-electron chi connectivity index (χ3n) is 3.13. The molecule has 0 radical (unpaired) electrons. The number of carbonyl (C=O) groups is 1. The number of amides is 1. The number of fused-ring (bicyclic) bond motifs is 1. The van der Waals surface area contributed by atoms with E-state index in [1.807, 2.05) is 29.2 Å². The predicted molar refractivity (Wildman–Crippen MR) is 66.9 cm³/mol. The molecule has 0 saturated heterocycles. The molecule has 0 aliphatic carbocycles. The third kappa shape index (κ3) is 2.18. The van der Waals surface area contributed by atoms with E-state index in [9.17, 15) is 4.79 Å². The Hall–Kier alpha value is -1.39. The molecule has 17 heavy (non-hydrogen) atoms. The van der Waals surface area contributed by atoms with Gasteiger partial charge in [-0.2, -0.15) is 0 Å². The lowest BCUT2D eigenvalue weighted by Crippen LogP contribution is -2.34. The van der Waals surface area contributed by atoms with E-state index in [1.54, 1.807) is 7.05 Å². The van der Waals surface area contributed by atoms with Crippen LogP contribution in [0, 0.1) is 0 Å². The van der Waals surface area contributed by atoms with Crippen LogP contribution >= 0.6 is 0 Å². The lowest BCUT2D eigenvalue weighted by molar-refractivity contribution is -0.119. The molecular formula is C13H18N2O2. The van der Waals surface area contributed by atoms with Crippen LogP contribution < -0.4 is 10.2 Å². The van der Waals surface area contributed by atoms with Gasteiger partial charge in [0.1, 0.15) is 6.04 Å². The minimum Gasteiger partial charge on any atom is -0.396 e. The molecule has 1 atom stereocenters. The number of anilines is 1. The number of para-hydroxylation sites is 1. The maximum absolute atomic E-state index is 12.2. The van der Waals surface area contributed by atoms with Crippen molar-refractivity contribution in [3.63, 3.8) is 0 Å². The first-order valence-electron chi connectivity index (χ1n) is 5.98. The molecule has 0 saturated carbocycles. The molecule has 0 aromatic heterocycles. The van der Waals surface area contributed by atoms with E-state index in [-0.39, 0.29) is 18.6 Å². The molecule has 1 aromatic rings. The first-order chi connectivity index (χ1) is 8.29. The van der Waals surface area contributed by atoms with Gasteiger partial charge in [0, 0.05) is 24.4 Å². The van der Waals surface area contributed by atoms with Crippen molar-refractivity contribution in [3.05, 3.63) is 29.8 Å². The van der Waals surface area contributed by atoms with Gasteiger partial charge in [0.05, 0.1) is 0 Å². The zero-order valence-corrected chi connectivity index (χ0v) is 10.0. The third-order valence-corrected chi connectivity index (χ3v) is 3.13. The van der Waals surface area contributed by atoms with Crippen LogP contribution in [0.5, 0.6) is 0 Å². The molecule has 1 unspecified atom stereocenters. The monoisotopic (exact) mass is 234 g/mol. The molecule has 1 aliphatic heterocycles. The van der Waals surface area contributed by atoms with E-state index < -0.39 is 0 Å². The summed E-state index contributed by atoms with van der Waals surface area (Å²) in [5.41, 5.74) is 2.04. The fourth-order valence-corrected chi connectivity index (χ4v) is 2.28. The van der Waals surface area contributed by atoms with Gasteiger partial charge in [0.2, 0.25) is 5.91 Å². The summed E-state index contributed by atoms with van der Waals surface area (Å²) in [5, 5.41) is 11.8. The molecule has 2 rings (SSSR count). The molecule has 0 bridgehead atoms. The lowest BCUT2D eigenvalue weighted by atomic mass is 10.1. The Morgan fingerprint density at radius 2 is 2.12 bits per heavy atom. The van der Waals surface area contributed by atoms with Crippen LogP contribution in [-0.4, -0.2) is 31.2 Å². The number of carbonyl (C=O) groups excluding carboxylic acids is 1. The molecule has 1 aliphatic rings. The number of aliphatic hydroxyl groups is 1. The van der Waals surface area contributed by atoms with Gasteiger partial charge in [-0.3, -0.25) is 4.79 Å². The maximum Gasteiger partial charge on any atom is 0.248 e. The average Bonchev–Trinajstić information content (AvgIpc) is 2.62. The van der Waals surface area contributed by atoms with E-state index in [0.717, 1.165) is 24.1 Å². The topological polar surface area (TPSA) is 52.6 Å². The summed E-state index contributed by atoms with van der Waals surface area (Å²) in [6.07, 6.45) is 1.56. The van der Waals surface area contributed by atoms with Gasteiger partial charge >= 0.3 is 0 Å². The highest BCUT2D eigenvalue weighted by atomic mass is 16.3. The highest BCUT2D eigenvalue weighted by molar-refractivity contribution is 6.04. The molecule has 4 heteroatoms. The Balaban J connectivity index is 2.20. The molecule has 1 heterocycles. The molecule has 0 spiro atoms. The van der Waals surface area contributed by atoms with Crippen molar-refractivity contribution in [1.82, 2.24) is 5.32 Å². The van der Waals surface area contributed by atoms with Gasteiger partial charge in [-0.1, -0.05) is 18.2 Å². The standard InChI is InChI=1S/C13H18N2O2/c1-14-12-10-6-2-3-7-11(10)15(13(12)17)8-4-5-9-16/h2-3,6-7,12,14,16H,4-5,8-9H2,1H3. The van der Waals surface area contributed by atoms with Gasteiger partial charge in [-0.15, -0.1) is 0 Å². The minimum absolute atomic E-state index is 0.103. The highest BCUT2D eigenvalue weighted by Gasteiger charge is 2.35. The molecule has 92 valence electrons. The van der Waals surface area contributed by atoms with Crippen LogP contribution in [0.1, 0.15) is 24.4 Å². The average molecular weight is 234 g/mol. The van der Waals surface area contributed by atoms with Crippen molar-refractivity contribution in [2.45, 2.75) is 18.9 Å². The van der Waals surface area contributed by atoms with Crippen molar-refractivity contribution in [3.8, 4) is 0 Å². The molecule has 1 aromatic carbocycles. The molecular weight excluding hydrogens is 216 g/mol. The van der Waals surface area contributed by atoms with Crippen molar-refractivity contribution in [1.29, 1.82) is 0 Å². The summed E-state index contributed by atoms with van der Waals surface area (Å²) in [5.74, 6) is 0.103. The van der Waals surface area contributed by atoms with Crippen LogP contribution in [0.15, 0.2) is 24.3 Å². The Labute approximate surface area is 101 Å². The number of rotatable bonds is 5. The quantitative estimate of drug-likeness (QED) is 0.749. The van der Waals surface area contributed by atoms with Crippen molar-refractivity contribution in [2.24, 2.45) is 0 Å². The van der Waals surface area contributed by atoms with Crippen molar-refractivity contribution >= 4 is 11.6 Å². The summed E-state index contributed by atoms with van der Waals surface area (Å²) < 4.78 is 0. The maximum atomic E-state index is 12.2. The number of unbranched alkanes of at least 4 members (excludes halogenated alkanes) is 1. The number of benzene rings is 1. The fourth-order valence-electron chi connectivity index (χ4n) is 2.28. The second-order valence-corrected chi connectivity index (χ2v) is 4.20. The lowest BCUT2D eigenvalue weighted by Gasteiger charge is -2.17. The van der Waals surface area contributed by atoms with E-state index in [1.165, 1.54) is 0 Å². The van der Waals surface area contributed by atoms with E-state index in [0.29, 0.717) is 6.54 Å². The van der Waals surface area contributed by atoms with E-state index >= 15 is 0 Å². The fraction of sp³-hybridized carbons (Fsp3) is 0.462. The minimum atomic E-state index is -0.222. The van der Waals surface area contributed by atoms with Gasteiger partial charge < -0.3 is 15.3 Å². The van der Waals surface area contributed by atoms with Gasteiger partial charge in [0.15, 0.2) is 0 Å². The Morgan fingerprint density at radius 3 is 2.82 bits per heavy atom. The summed E-state index contributed by atoms with van der Waals surface area (Å²) in [7, 11) is 1.80. The van der Waals surface area contributed by atoms with Crippen LogP contribution in [0.2, 0.25) is 0 Å². The Morgan fingerprint density at radius 1 is 1.35 bits per heavy atom. The Kier molecular flexibility index (Phi) is 3.76. The first kappa shape index (κ1) is 12.1. The number of likely N-dealkylation sites (N-methyl/N-ethyl adjacent to an activating group) is 1. The first-order valence-corrected chi connectivity index (χ1v) is 5.98. The van der Waals surface area contributed by atoms with Crippen LogP contribution in [0.3, 0.4) is 0 Å². The Bertz CT molecular complexity index is 406. The second kappa shape index (κ2) is 5.29. The zero-order valence-electron chi connectivity index (χ0n) is 10.0. The smallest absolute Gasteiger partial charge is 0.248 e. The SMILES string of the molecule is CNC1C(=O)N(CCCCO)c2ccccc21. The number of nitrogens with zero attached hydrogens (tertiary/aromatic N) is 1. The van der Waals surface area contributed by atoms with E-state index in [2.05, 4.69) is 5.32 Å². The summed E-state index contributed by atoms with van der Waals surface area (Å²) in [4.78, 5) is 14.0. The van der Waals surface area contributed by atoms with Crippen molar-refractivity contribution in [2.75, 3.05) is 25.1 Å². The molecule has 0 fully saturated rings. The summed E-state index contributed by atoms with van der Waals surface area (Å²) in [6.45, 7) is 0.855. The number of hydrogen-bond donors (Lipinski definition) is 2. The number of nitrogens with one attached hydrogen (secondary N) is 1. The van der Waals surface area contributed by atoms with E-state index in [4.69, 9.17) is 5.11 Å². The van der Waals surface area contributed by atoms with Crippen molar-refractivity contribution < 1.29 is 9.90 Å². The van der Waals surface area contributed by atoms with Crippen LogP contribution in [-0.2, 0) is 4.79 Å². The van der Waals surface area contributed by atoms with Crippen LogP contribution in [0.4, 0.5) is 5.69 Å². The number of hydrogen-bond acceptors (Lipinski definition) is 3.